The fourth-order valence-electron chi connectivity index (χ4n) is 6.83. The molecular formula is C40H43N5O5. The van der Waals surface area contributed by atoms with Crippen molar-refractivity contribution in [3.8, 4) is 16.9 Å². The smallest absolute Gasteiger partial charge is 0.252 e. The topological polar surface area (TPSA) is 149 Å². The number of benzene rings is 4. The first kappa shape index (κ1) is 34.7. The lowest BCUT2D eigenvalue weighted by atomic mass is 9.80. The number of hydrogen-bond acceptors (Lipinski definition) is 7. The Morgan fingerprint density at radius 1 is 0.900 bits per heavy atom. The van der Waals surface area contributed by atoms with Crippen molar-refractivity contribution < 1.29 is 24.5 Å². The predicted molar refractivity (Wildman–Crippen MR) is 193 cm³/mol. The van der Waals surface area contributed by atoms with Crippen LogP contribution >= 0.6 is 0 Å². The SMILES string of the molecule is [N-]=[N+]=NCc1ccccc1C[C@@]1(C(=O)NCC2(O)CCCCC2)N=C(c2ccc(OCCCO)cc2)O[C@@H]1c1ccc(-c2ccccc2)cc1. The molecule has 4 aromatic rings. The van der Waals surface area contributed by atoms with Crippen molar-refractivity contribution in [2.45, 2.75) is 68.7 Å². The molecule has 1 amide bonds. The van der Waals surface area contributed by atoms with Crippen LogP contribution in [0.5, 0.6) is 5.75 Å². The highest BCUT2D eigenvalue weighted by Gasteiger charge is 2.54. The molecule has 2 atom stereocenters. The van der Waals surface area contributed by atoms with Gasteiger partial charge in [-0.2, -0.15) is 0 Å². The summed E-state index contributed by atoms with van der Waals surface area (Å²) in [4.78, 5) is 22.9. The summed E-state index contributed by atoms with van der Waals surface area (Å²) < 4.78 is 12.5. The third-order valence-corrected chi connectivity index (χ3v) is 9.60. The Morgan fingerprint density at radius 2 is 1.56 bits per heavy atom. The second-order valence-corrected chi connectivity index (χ2v) is 13.1. The molecule has 10 nitrogen and oxygen atoms in total. The Morgan fingerprint density at radius 3 is 2.26 bits per heavy atom. The predicted octanol–water partition coefficient (Wildman–Crippen LogP) is 7.24. The maximum absolute atomic E-state index is 14.8. The van der Waals surface area contributed by atoms with Crippen molar-refractivity contribution >= 4 is 11.8 Å². The molecule has 258 valence electrons. The highest BCUT2D eigenvalue weighted by atomic mass is 16.5. The average molecular weight is 674 g/mol. The lowest BCUT2D eigenvalue weighted by molar-refractivity contribution is -0.130. The number of amides is 1. The van der Waals surface area contributed by atoms with Crippen molar-refractivity contribution in [2.75, 3.05) is 19.8 Å². The lowest BCUT2D eigenvalue weighted by Gasteiger charge is -2.35. The van der Waals surface area contributed by atoms with Crippen LogP contribution in [-0.4, -0.2) is 52.9 Å². The van der Waals surface area contributed by atoms with Gasteiger partial charge in [-0.15, -0.1) is 0 Å². The zero-order valence-corrected chi connectivity index (χ0v) is 28.1. The molecule has 0 unspecified atom stereocenters. The Balaban J connectivity index is 1.43. The van der Waals surface area contributed by atoms with Gasteiger partial charge in [-0.1, -0.05) is 103 Å². The minimum atomic E-state index is -1.47. The molecule has 0 saturated heterocycles. The quantitative estimate of drug-likeness (QED) is 0.0559. The summed E-state index contributed by atoms with van der Waals surface area (Å²) in [5.74, 6) is 0.597. The molecule has 0 aromatic heterocycles. The Hall–Kier alpha value is -5.15. The lowest BCUT2D eigenvalue weighted by Crippen LogP contribution is -2.54. The monoisotopic (exact) mass is 673 g/mol. The van der Waals surface area contributed by atoms with Gasteiger partial charge in [0.05, 0.1) is 18.8 Å². The van der Waals surface area contributed by atoms with Gasteiger partial charge >= 0.3 is 0 Å². The number of aliphatic imine (C=N–C) groups is 1. The Labute approximate surface area is 292 Å². The minimum absolute atomic E-state index is 0.0456. The Kier molecular flexibility index (Phi) is 11.1. The molecule has 1 fully saturated rings. The van der Waals surface area contributed by atoms with Crippen LogP contribution < -0.4 is 10.1 Å². The van der Waals surface area contributed by atoms with E-state index in [1.807, 2.05) is 103 Å². The summed E-state index contributed by atoms with van der Waals surface area (Å²) in [6, 6.07) is 33.0. The summed E-state index contributed by atoms with van der Waals surface area (Å²) in [5.41, 5.74) is 11.8. The van der Waals surface area contributed by atoms with Crippen LogP contribution in [0.15, 0.2) is 113 Å². The maximum Gasteiger partial charge on any atom is 0.252 e. The van der Waals surface area contributed by atoms with E-state index < -0.39 is 17.2 Å². The van der Waals surface area contributed by atoms with Crippen molar-refractivity contribution in [1.82, 2.24) is 5.32 Å². The van der Waals surface area contributed by atoms with Gasteiger partial charge < -0.3 is 25.0 Å². The van der Waals surface area contributed by atoms with E-state index in [2.05, 4.69) is 15.3 Å². The number of rotatable bonds is 14. The Bertz CT molecular complexity index is 1820. The summed E-state index contributed by atoms with van der Waals surface area (Å²) in [7, 11) is 0. The molecule has 2 aliphatic rings. The van der Waals surface area contributed by atoms with Gasteiger partial charge in [-0.25, -0.2) is 4.99 Å². The first-order valence-electron chi connectivity index (χ1n) is 17.3. The summed E-state index contributed by atoms with van der Waals surface area (Å²) in [6.45, 7) is 0.664. The number of aliphatic hydroxyl groups excluding tert-OH is 1. The molecule has 0 radical (unpaired) electrons. The van der Waals surface area contributed by atoms with E-state index in [0.29, 0.717) is 43.1 Å². The van der Waals surface area contributed by atoms with E-state index in [-0.39, 0.29) is 32.0 Å². The van der Waals surface area contributed by atoms with Gasteiger partial charge in [0.25, 0.3) is 5.91 Å². The molecule has 1 aliphatic carbocycles. The number of carbonyl (C=O) groups is 1. The van der Waals surface area contributed by atoms with Crippen LogP contribution in [0.2, 0.25) is 0 Å². The third-order valence-electron chi connectivity index (χ3n) is 9.60. The number of hydrogen-bond donors (Lipinski definition) is 3. The van der Waals surface area contributed by atoms with E-state index in [1.165, 1.54) is 0 Å². The van der Waals surface area contributed by atoms with E-state index in [1.54, 1.807) is 0 Å². The van der Waals surface area contributed by atoms with Gasteiger partial charge in [0, 0.05) is 36.5 Å². The largest absolute Gasteiger partial charge is 0.494 e. The molecule has 4 aromatic carbocycles. The van der Waals surface area contributed by atoms with Crippen molar-refractivity contribution in [2.24, 2.45) is 10.1 Å². The zero-order valence-electron chi connectivity index (χ0n) is 28.1. The maximum atomic E-state index is 14.8. The van der Waals surface area contributed by atoms with Crippen LogP contribution in [0.25, 0.3) is 21.6 Å². The van der Waals surface area contributed by atoms with Crippen LogP contribution in [0, 0.1) is 0 Å². The second-order valence-electron chi connectivity index (χ2n) is 13.1. The fourth-order valence-corrected chi connectivity index (χ4v) is 6.83. The standard InChI is InChI=1S/C40H43N5O5/c41-45-43-27-34-13-6-5-12-33(34)26-40(38(47)42-28-39(48)22-7-2-8-23-39)36(31-16-14-30(15-17-31)29-10-3-1-4-11-29)50-37(44-40)32-18-20-35(21-19-32)49-25-9-24-46/h1,3-6,10-21,36,46,48H,2,7-9,22-28H2,(H,42,47)/t36-,40-/m1/s1. The molecule has 1 saturated carbocycles. The molecular weight excluding hydrogens is 630 g/mol. The third kappa shape index (κ3) is 8.00. The van der Waals surface area contributed by atoms with E-state index in [0.717, 1.165) is 47.1 Å². The first-order valence-corrected chi connectivity index (χ1v) is 17.3. The van der Waals surface area contributed by atoms with Crippen LogP contribution in [0.1, 0.15) is 66.9 Å². The molecule has 3 N–H and O–H groups in total. The van der Waals surface area contributed by atoms with Gasteiger partial charge in [-0.3, -0.25) is 4.79 Å². The molecule has 1 aliphatic heterocycles. The van der Waals surface area contributed by atoms with Crippen molar-refractivity contribution in [3.05, 3.63) is 136 Å². The summed E-state index contributed by atoms with van der Waals surface area (Å²) in [6.07, 6.45) is 3.99. The number of nitrogens with one attached hydrogen (secondary N) is 1. The van der Waals surface area contributed by atoms with Gasteiger partial charge in [-0.05, 0) is 70.5 Å². The zero-order chi connectivity index (χ0) is 34.8. The van der Waals surface area contributed by atoms with Gasteiger partial charge in [0.2, 0.25) is 5.90 Å². The van der Waals surface area contributed by atoms with E-state index in [9.17, 15) is 9.90 Å². The van der Waals surface area contributed by atoms with Gasteiger partial charge in [0.1, 0.15) is 5.75 Å². The van der Waals surface area contributed by atoms with Crippen LogP contribution in [0.3, 0.4) is 0 Å². The fraction of sp³-hybridized carbons (Fsp3) is 0.350. The van der Waals surface area contributed by atoms with Crippen molar-refractivity contribution in [1.29, 1.82) is 0 Å². The number of nitrogens with zero attached hydrogens (tertiary/aromatic N) is 4. The van der Waals surface area contributed by atoms with E-state index >= 15 is 0 Å². The number of azide groups is 1. The minimum Gasteiger partial charge on any atom is -0.494 e. The molecule has 50 heavy (non-hydrogen) atoms. The van der Waals surface area contributed by atoms with E-state index in [4.69, 9.17) is 25.1 Å². The van der Waals surface area contributed by atoms with Crippen LogP contribution in [0.4, 0.5) is 0 Å². The molecule has 1 heterocycles. The number of ether oxygens (including phenoxy) is 2. The van der Waals surface area contributed by atoms with Crippen molar-refractivity contribution in [3.63, 3.8) is 0 Å². The number of carbonyl (C=O) groups excluding carboxylic acids is 1. The van der Waals surface area contributed by atoms with Crippen LogP contribution in [-0.2, 0) is 22.5 Å². The van der Waals surface area contributed by atoms with Gasteiger partial charge in [0.15, 0.2) is 11.6 Å². The number of aliphatic hydroxyl groups is 2. The first-order chi connectivity index (χ1) is 24.4. The summed E-state index contributed by atoms with van der Waals surface area (Å²) in [5, 5.41) is 27.4. The molecule has 0 spiro atoms. The average Bonchev–Trinajstić information content (AvgIpc) is 3.55. The summed E-state index contributed by atoms with van der Waals surface area (Å²) >= 11 is 0. The highest BCUT2D eigenvalue weighted by Crippen LogP contribution is 2.44. The molecule has 6 rings (SSSR count). The molecule has 0 bridgehead atoms. The normalized spacial score (nSPS) is 19.5. The molecule has 10 heteroatoms. The highest BCUT2D eigenvalue weighted by molar-refractivity contribution is 6.01. The second kappa shape index (κ2) is 16.0.